The van der Waals surface area contributed by atoms with Crippen LogP contribution in [0.25, 0.3) is 0 Å². The molecule has 9 heteroatoms. The Morgan fingerprint density at radius 1 is 1.27 bits per heavy atom. The fraction of sp³-hybridized carbons (Fsp3) is 0.529. The third-order valence-electron chi connectivity index (χ3n) is 5.13. The van der Waals surface area contributed by atoms with Gasteiger partial charge in [0.2, 0.25) is 0 Å². The third-order valence-corrected chi connectivity index (χ3v) is 5.37. The van der Waals surface area contributed by atoms with Crippen molar-refractivity contribution in [2.45, 2.75) is 25.4 Å². The molecule has 2 atom stereocenters. The average molecular weight is 383 g/mol. The minimum absolute atomic E-state index is 0.0124. The summed E-state index contributed by atoms with van der Waals surface area (Å²) in [7, 11) is 0. The lowest BCUT2D eigenvalue weighted by atomic mass is 9.84. The zero-order chi connectivity index (χ0) is 18.8. The van der Waals surface area contributed by atoms with Gasteiger partial charge in [-0.25, -0.2) is 0 Å². The normalized spacial score (nSPS) is 23.8. The molecule has 0 spiro atoms. The van der Waals surface area contributed by atoms with Gasteiger partial charge in [-0.15, -0.1) is 0 Å². The van der Waals surface area contributed by atoms with Gasteiger partial charge in [-0.2, -0.15) is 0 Å². The summed E-state index contributed by atoms with van der Waals surface area (Å²) < 4.78 is 5.62. The minimum atomic E-state index is -0.845. The third kappa shape index (κ3) is 3.66. The van der Waals surface area contributed by atoms with Gasteiger partial charge in [-0.05, 0) is 37.3 Å². The summed E-state index contributed by atoms with van der Waals surface area (Å²) in [4.78, 5) is 36.2. The molecule has 2 heterocycles. The van der Waals surface area contributed by atoms with E-state index in [0.29, 0.717) is 39.0 Å². The van der Waals surface area contributed by atoms with Crippen LogP contribution < -0.4 is 0 Å². The van der Waals surface area contributed by atoms with Crippen LogP contribution in [-0.2, 0) is 9.53 Å². The number of carboxylic acids is 1. The second-order valence-corrected chi connectivity index (χ2v) is 7.05. The number of carboxylic acid groups (broad SMARTS) is 1. The van der Waals surface area contributed by atoms with E-state index in [-0.39, 0.29) is 28.3 Å². The molecule has 0 aliphatic carbocycles. The van der Waals surface area contributed by atoms with Gasteiger partial charge in [0.05, 0.1) is 16.9 Å². The van der Waals surface area contributed by atoms with E-state index < -0.39 is 22.7 Å². The predicted octanol–water partition coefficient (Wildman–Crippen LogP) is 2.59. The van der Waals surface area contributed by atoms with E-state index in [0.717, 1.165) is 0 Å². The highest BCUT2D eigenvalue weighted by molar-refractivity contribution is 6.31. The smallest absolute Gasteiger partial charge is 0.309 e. The number of nitrogens with zero attached hydrogens (tertiary/aromatic N) is 2. The van der Waals surface area contributed by atoms with E-state index in [1.807, 2.05) is 0 Å². The molecule has 3 rings (SSSR count). The molecule has 1 amide bonds. The monoisotopic (exact) mass is 382 g/mol. The Kier molecular flexibility index (Phi) is 5.43. The van der Waals surface area contributed by atoms with Gasteiger partial charge in [0.1, 0.15) is 5.56 Å². The molecule has 2 aliphatic rings. The number of piperidine rings is 1. The van der Waals surface area contributed by atoms with Crippen LogP contribution in [0.1, 0.15) is 29.6 Å². The highest BCUT2D eigenvalue weighted by Crippen LogP contribution is 2.34. The maximum atomic E-state index is 12.7. The molecule has 0 saturated carbocycles. The maximum Gasteiger partial charge on any atom is 0.309 e. The molecule has 8 nitrogen and oxygen atoms in total. The second kappa shape index (κ2) is 7.59. The highest BCUT2D eigenvalue weighted by Gasteiger charge is 2.41. The molecular weight excluding hydrogens is 364 g/mol. The van der Waals surface area contributed by atoms with Crippen LogP contribution in [0, 0.1) is 22.0 Å². The standard InChI is InChI=1S/C17H19ClN2O6/c18-11-1-2-12(14(9-11)20(24)25)16(21)19-6-3-10(4-7-19)15-13(17(22)23)5-8-26-15/h1-2,9-10,13,15H,3-8H2,(H,22,23)/t13?,15-/m0/s1. The minimum Gasteiger partial charge on any atom is -0.481 e. The molecule has 140 valence electrons. The number of nitro benzene ring substituents is 1. The van der Waals surface area contributed by atoms with Crippen molar-refractivity contribution in [1.82, 2.24) is 4.90 Å². The zero-order valence-electron chi connectivity index (χ0n) is 14.0. The molecule has 0 aromatic heterocycles. The van der Waals surface area contributed by atoms with Crippen molar-refractivity contribution >= 4 is 29.2 Å². The zero-order valence-corrected chi connectivity index (χ0v) is 14.7. The SMILES string of the molecule is O=C(O)C1CCO[C@H]1C1CCN(C(=O)c2ccc(Cl)cc2[N+](=O)[O-])CC1. The summed E-state index contributed by atoms with van der Waals surface area (Å²) >= 11 is 5.79. The van der Waals surface area contributed by atoms with Gasteiger partial charge in [0, 0.05) is 30.8 Å². The largest absolute Gasteiger partial charge is 0.481 e. The summed E-state index contributed by atoms with van der Waals surface area (Å²) in [6, 6.07) is 4.00. The van der Waals surface area contributed by atoms with Crippen molar-refractivity contribution in [3.8, 4) is 0 Å². The summed E-state index contributed by atoms with van der Waals surface area (Å²) in [5.74, 6) is -1.68. The fourth-order valence-corrected chi connectivity index (χ4v) is 3.94. The Morgan fingerprint density at radius 3 is 2.58 bits per heavy atom. The van der Waals surface area contributed by atoms with E-state index in [9.17, 15) is 24.8 Å². The molecular formula is C17H19ClN2O6. The number of hydrogen-bond donors (Lipinski definition) is 1. The molecule has 1 aromatic rings. The van der Waals surface area contributed by atoms with E-state index in [4.69, 9.17) is 16.3 Å². The van der Waals surface area contributed by atoms with Gasteiger partial charge in [0.25, 0.3) is 11.6 Å². The summed E-state index contributed by atoms with van der Waals surface area (Å²) in [5, 5.41) is 20.7. The molecule has 0 radical (unpaired) electrons. The Bertz CT molecular complexity index is 732. The van der Waals surface area contributed by atoms with Crippen LogP contribution in [0.3, 0.4) is 0 Å². The number of carbonyl (C=O) groups is 2. The number of aliphatic carboxylic acids is 1. The molecule has 1 unspecified atom stereocenters. The highest BCUT2D eigenvalue weighted by atomic mass is 35.5. The number of rotatable bonds is 4. The van der Waals surface area contributed by atoms with E-state index in [1.165, 1.54) is 18.2 Å². The van der Waals surface area contributed by atoms with Gasteiger partial charge < -0.3 is 14.7 Å². The Balaban J connectivity index is 1.68. The molecule has 2 aliphatic heterocycles. The lowest BCUT2D eigenvalue weighted by Gasteiger charge is -2.35. The first kappa shape index (κ1) is 18.6. The first-order valence-electron chi connectivity index (χ1n) is 8.46. The number of likely N-dealkylation sites (tertiary alicyclic amines) is 1. The number of ether oxygens (including phenoxy) is 1. The number of nitro groups is 1. The molecule has 2 saturated heterocycles. The van der Waals surface area contributed by atoms with E-state index in [1.54, 1.807) is 4.90 Å². The van der Waals surface area contributed by atoms with E-state index in [2.05, 4.69) is 0 Å². The van der Waals surface area contributed by atoms with Gasteiger partial charge in [-0.3, -0.25) is 19.7 Å². The van der Waals surface area contributed by atoms with E-state index >= 15 is 0 Å². The van der Waals surface area contributed by atoms with Crippen molar-refractivity contribution in [2.75, 3.05) is 19.7 Å². The van der Waals surface area contributed by atoms with Crippen LogP contribution in [0.2, 0.25) is 5.02 Å². The molecule has 2 fully saturated rings. The fourth-order valence-electron chi connectivity index (χ4n) is 3.78. The van der Waals surface area contributed by atoms with Gasteiger partial charge in [-0.1, -0.05) is 11.6 Å². The van der Waals surface area contributed by atoms with Crippen LogP contribution in [0.4, 0.5) is 5.69 Å². The Hall–Kier alpha value is -2.19. The number of amides is 1. The molecule has 0 bridgehead atoms. The predicted molar refractivity (Wildman–Crippen MR) is 92.2 cm³/mol. The van der Waals surface area contributed by atoms with Crippen molar-refractivity contribution in [1.29, 1.82) is 0 Å². The summed E-state index contributed by atoms with van der Waals surface area (Å²) in [6.07, 6.45) is 1.41. The molecule has 26 heavy (non-hydrogen) atoms. The topological polar surface area (TPSA) is 110 Å². The quantitative estimate of drug-likeness (QED) is 0.633. The van der Waals surface area contributed by atoms with Crippen LogP contribution >= 0.6 is 11.6 Å². The summed E-state index contributed by atoms with van der Waals surface area (Å²) in [5.41, 5.74) is -0.298. The second-order valence-electron chi connectivity index (χ2n) is 6.62. The number of carbonyl (C=O) groups excluding carboxylic acids is 1. The summed E-state index contributed by atoms with van der Waals surface area (Å²) in [6.45, 7) is 1.27. The van der Waals surface area contributed by atoms with Gasteiger partial charge >= 0.3 is 5.97 Å². The van der Waals surface area contributed by atoms with Gasteiger partial charge in [0.15, 0.2) is 0 Å². The van der Waals surface area contributed by atoms with Crippen molar-refractivity contribution < 1.29 is 24.4 Å². The maximum absolute atomic E-state index is 12.7. The van der Waals surface area contributed by atoms with Crippen molar-refractivity contribution in [2.24, 2.45) is 11.8 Å². The van der Waals surface area contributed by atoms with Crippen LogP contribution in [0.5, 0.6) is 0 Å². The van der Waals surface area contributed by atoms with Crippen molar-refractivity contribution in [3.63, 3.8) is 0 Å². The lowest BCUT2D eigenvalue weighted by molar-refractivity contribution is -0.385. The first-order valence-corrected chi connectivity index (χ1v) is 8.84. The molecule has 1 N–H and O–H groups in total. The first-order chi connectivity index (χ1) is 12.4. The Morgan fingerprint density at radius 2 is 1.96 bits per heavy atom. The lowest BCUT2D eigenvalue weighted by Crippen LogP contribution is -2.43. The Labute approximate surface area is 154 Å². The van der Waals surface area contributed by atoms with Crippen LogP contribution in [0.15, 0.2) is 18.2 Å². The number of halogens is 1. The molecule has 1 aromatic carbocycles. The van der Waals surface area contributed by atoms with Crippen molar-refractivity contribution in [3.05, 3.63) is 38.9 Å². The average Bonchev–Trinajstić information content (AvgIpc) is 3.11. The number of hydrogen-bond acceptors (Lipinski definition) is 5. The number of benzene rings is 1. The van der Waals surface area contributed by atoms with Crippen LogP contribution in [-0.4, -0.2) is 52.6 Å².